The Morgan fingerprint density at radius 2 is 2.00 bits per heavy atom. The standard InChI is InChI=1S/C6H13N.Y/c1-4-5-6-7(2)3;/h5H,1,4,6H2,2-3H3;/q-2;. The molecule has 0 rings (SSSR count). The Bertz CT molecular complexity index is 37.5. The summed E-state index contributed by atoms with van der Waals surface area (Å²) in [5, 5.41) is 0. The van der Waals surface area contributed by atoms with E-state index in [-0.39, 0.29) is 32.7 Å². The largest absolute Gasteiger partial charge is 0.372 e. The average Bonchev–Trinajstić information content (AvgIpc) is 1.61. The molecule has 0 aliphatic heterocycles. The maximum atomic E-state index is 3.68. The van der Waals surface area contributed by atoms with Crippen molar-refractivity contribution in [1.82, 2.24) is 4.90 Å². The predicted molar refractivity (Wildman–Crippen MR) is 32.8 cm³/mol. The molecule has 0 heterocycles. The zero-order valence-electron chi connectivity index (χ0n) is 5.72. The smallest absolute Gasteiger partial charge is 0 e. The van der Waals surface area contributed by atoms with E-state index in [1.54, 1.807) is 0 Å². The van der Waals surface area contributed by atoms with Crippen molar-refractivity contribution in [2.45, 2.75) is 6.42 Å². The fraction of sp³-hybridized carbons (Fsp3) is 0.667. The van der Waals surface area contributed by atoms with Crippen LogP contribution in [0.5, 0.6) is 0 Å². The van der Waals surface area contributed by atoms with Crippen molar-refractivity contribution in [1.29, 1.82) is 0 Å². The molecule has 1 nitrogen and oxygen atoms in total. The van der Waals surface area contributed by atoms with Crippen LogP contribution in [0.4, 0.5) is 0 Å². The van der Waals surface area contributed by atoms with Gasteiger partial charge in [0, 0.05) is 32.7 Å². The average molecular weight is 188 g/mol. The maximum Gasteiger partial charge on any atom is 0 e. The molecule has 0 saturated heterocycles. The van der Waals surface area contributed by atoms with Crippen LogP contribution in [0.1, 0.15) is 6.42 Å². The van der Waals surface area contributed by atoms with Gasteiger partial charge in [-0.05, 0) is 14.1 Å². The van der Waals surface area contributed by atoms with E-state index in [0.29, 0.717) is 0 Å². The van der Waals surface area contributed by atoms with Gasteiger partial charge in [0.1, 0.15) is 0 Å². The van der Waals surface area contributed by atoms with Gasteiger partial charge in [0.2, 0.25) is 0 Å². The Morgan fingerprint density at radius 1 is 1.50 bits per heavy atom. The van der Waals surface area contributed by atoms with Crippen LogP contribution in [0.3, 0.4) is 0 Å². The summed E-state index contributed by atoms with van der Waals surface area (Å²) in [7, 11) is 4.10. The van der Waals surface area contributed by atoms with Gasteiger partial charge in [0.25, 0.3) is 0 Å². The van der Waals surface area contributed by atoms with E-state index in [2.05, 4.69) is 18.2 Å². The van der Waals surface area contributed by atoms with Gasteiger partial charge in [-0.1, -0.05) is 0 Å². The quantitative estimate of drug-likeness (QED) is 0.596. The fourth-order valence-corrected chi connectivity index (χ4v) is 0.349. The van der Waals surface area contributed by atoms with Crippen LogP contribution < -0.4 is 0 Å². The van der Waals surface area contributed by atoms with E-state index in [4.69, 9.17) is 0 Å². The molecule has 0 aromatic rings. The molecule has 0 amide bonds. The molecule has 0 aliphatic rings. The minimum Gasteiger partial charge on any atom is -0.372 e. The van der Waals surface area contributed by atoms with Gasteiger partial charge < -0.3 is 24.7 Å². The number of hydrogen-bond donors (Lipinski definition) is 0. The van der Waals surface area contributed by atoms with Gasteiger partial charge in [-0.15, -0.1) is 6.54 Å². The number of nitrogens with zero attached hydrogens (tertiary/aromatic N) is 1. The van der Waals surface area contributed by atoms with Crippen molar-refractivity contribution >= 4 is 0 Å². The van der Waals surface area contributed by atoms with Gasteiger partial charge in [-0.2, -0.15) is 0 Å². The zero-order chi connectivity index (χ0) is 5.70. The van der Waals surface area contributed by atoms with Gasteiger partial charge in [-0.25, -0.2) is 0 Å². The van der Waals surface area contributed by atoms with Crippen molar-refractivity contribution in [3.63, 3.8) is 0 Å². The summed E-state index contributed by atoms with van der Waals surface area (Å²) in [5.41, 5.74) is 0. The van der Waals surface area contributed by atoms with Gasteiger partial charge in [0.05, 0.1) is 0 Å². The Labute approximate surface area is 77.7 Å². The topological polar surface area (TPSA) is 3.24 Å². The first-order valence-corrected chi connectivity index (χ1v) is 2.53. The summed E-state index contributed by atoms with van der Waals surface area (Å²) in [4.78, 5) is 2.12. The third kappa shape index (κ3) is 10.1. The Balaban J connectivity index is 0. The molecule has 8 heavy (non-hydrogen) atoms. The van der Waals surface area contributed by atoms with Crippen molar-refractivity contribution < 1.29 is 32.7 Å². The van der Waals surface area contributed by atoms with Gasteiger partial charge >= 0.3 is 0 Å². The molecule has 0 saturated carbocycles. The third-order valence-corrected chi connectivity index (χ3v) is 0.698. The molecule has 1 radical (unpaired) electrons. The second-order valence-corrected chi connectivity index (χ2v) is 1.84. The number of rotatable bonds is 3. The minimum absolute atomic E-state index is 0. The van der Waals surface area contributed by atoms with E-state index in [0.717, 1.165) is 13.0 Å². The number of hydrogen-bond acceptors (Lipinski definition) is 1. The predicted octanol–water partition coefficient (Wildman–Crippen LogP) is 0.974. The van der Waals surface area contributed by atoms with Crippen LogP contribution in [-0.2, 0) is 32.7 Å². The molecule has 0 fully saturated rings. The number of unbranched alkanes of at least 4 members (excludes halogenated alkanes) is 1. The molecular weight excluding hydrogens is 175 g/mol. The minimum atomic E-state index is 0. The Morgan fingerprint density at radius 3 is 2.12 bits per heavy atom. The molecule has 0 bridgehead atoms. The van der Waals surface area contributed by atoms with Crippen LogP contribution in [0.15, 0.2) is 0 Å². The first kappa shape index (κ1) is 11.8. The Hall–Kier alpha value is 1.06. The van der Waals surface area contributed by atoms with Crippen molar-refractivity contribution in [3.05, 3.63) is 13.3 Å². The van der Waals surface area contributed by atoms with Crippen LogP contribution in [-0.4, -0.2) is 25.5 Å². The summed E-state index contributed by atoms with van der Waals surface area (Å²) in [5.74, 6) is 0. The third-order valence-electron chi connectivity index (χ3n) is 0.698. The van der Waals surface area contributed by atoms with E-state index < -0.39 is 0 Å². The summed E-state index contributed by atoms with van der Waals surface area (Å²) >= 11 is 0. The second-order valence-electron chi connectivity index (χ2n) is 1.84. The summed E-state index contributed by atoms with van der Waals surface area (Å²) in [6.45, 7) is 4.72. The van der Waals surface area contributed by atoms with Crippen molar-refractivity contribution in [2.24, 2.45) is 0 Å². The molecule has 47 valence electrons. The Kier molecular flexibility index (Phi) is 11.9. The molecule has 0 unspecified atom stereocenters. The SMILES string of the molecule is [CH2-]C[CH-]CN(C)C.[Y]. The molecule has 0 aliphatic carbocycles. The fourth-order valence-electron chi connectivity index (χ4n) is 0.349. The molecule has 0 aromatic carbocycles. The normalized spacial score (nSPS) is 9.00. The van der Waals surface area contributed by atoms with Crippen molar-refractivity contribution in [2.75, 3.05) is 20.6 Å². The molecule has 0 aromatic heterocycles. The van der Waals surface area contributed by atoms with Crippen molar-refractivity contribution in [3.8, 4) is 0 Å². The molecule has 2 heteroatoms. The van der Waals surface area contributed by atoms with Gasteiger partial charge in [0.15, 0.2) is 0 Å². The van der Waals surface area contributed by atoms with Crippen LogP contribution in [0, 0.1) is 13.3 Å². The zero-order valence-corrected chi connectivity index (χ0v) is 8.56. The second kappa shape index (κ2) is 8.06. The monoisotopic (exact) mass is 188 g/mol. The van der Waals surface area contributed by atoms with E-state index in [1.165, 1.54) is 0 Å². The van der Waals surface area contributed by atoms with E-state index in [9.17, 15) is 0 Å². The molecule has 0 spiro atoms. The summed E-state index contributed by atoms with van der Waals surface area (Å²) < 4.78 is 0. The molecule has 0 N–H and O–H groups in total. The molecular formula is C6H13NY-2. The van der Waals surface area contributed by atoms with Gasteiger partial charge in [-0.3, -0.25) is 0 Å². The first-order chi connectivity index (χ1) is 3.27. The first-order valence-electron chi connectivity index (χ1n) is 2.53. The summed E-state index contributed by atoms with van der Waals surface area (Å²) in [6, 6.07) is 0. The van der Waals surface area contributed by atoms with Crippen LogP contribution in [0.2, 0.25) is 0 Å². The molecule has 0 atom stereocenters. The van der Waals surface area contributed by atoms with Crippen LogP contribution in [0.25, 0.3) is 0 Å². The maximum absolute atomic E-state index is 3.68. The van der Waals surface area contributed by atoms with E-state index in [1.807, 2.05) is 14.1 Å². The summed E-state index contributed by atoms with van der Waals surface area (Å²) in [6.07, 6.45) is 3.07. The van der Waals surface area contributed by atoms with E-state index >= 15 is 0 Å². The van der Waals surface area contributed by atoms with Crippen LogP contribution >= 0.6 is 0 Å².